The maximum atomic E-state index is 6.32. The molecule has 0 bridgehead atoms. The fourth-order valence-corrected chi connectivity index (χ4v) is 3.49. The molecule has 3 nitrogen and oxygen atoms in total. The van der Waals surface area contributed by atoms with Crippen LogP contribution in [0.4, 0.5) is 0 Å². The monoisotopic (exact) mass is 323 g/mol. The molecule has 1 heterocycles. The first-order valence-corrected chi connectivity index (χ1v) is 8.42. The summed E-state index contributed by atoms with van der Waals surface area (Å²) in [4.78, 5) is 1.30. The number of benzene rings is 1. The van der Waals surface area contributed by atoms with Crippen molar-refractivity contribution >= 4 is 23.4 Å². The van der Waals surface area contributed by atoms with E-state index in [1.165, 1.54) is 10.5 Å². The van der Waals surface area contributed by atoms with Crippen molar-refractivity contribution in [2.45, 2.75) is 31.2 Å². The van der Waals surface area contributed by atoms with Crippen LogP contribution in [-0.2, 0) is 13.5 Å². The van der Waals surface area contributed by atoms with Gasteiger partial charge in [-0.05, 0) is 39.4 Å². The molecule has 2 rings (SSSR count). The summed E-state index contributed by atoms with van der Waals surface area (Å²) in [6.07, 6.45) is 0.897. The molecule has 0 aliphatic carbocycles. The lowest BCUT2D eigenvalue weighted by Gasteiger charge is -2.16. The third-order valence-electron chi connectivity index (χ3n) is 3.60. The van der Waals surface area contributed by atoms with Gasteiger partial charge in [-0.2, -0.15) is 5.10 Å². The maximum absolute atomic E-state index is 6.32. The molecule has 1 aromatic heterocycles. The quantitative estimate of drug-likeness (QED) is 0.824. The highest BCUT2D eigenvalue weighted by molar-refractivity contribution is 7.99. The Kier molecular flexibility index (Phi) is 5.73. The standard InChI is InChI=1S/C16H22ClN3S/c1-11-5-7-14(8-6-11)21-10-13(18-3)9-15-12(2)19-20(4)16(15)17/h5-8,13,18H,9-10H2,1-4H3. The summed E-state index contributed by atoms with van der Waals surface area (Å²) in [5.41, 5.74) is 3.45. The zero-order chi connectivity index (χ0) is 15.4. The van der Waals surface area contributed by atoms with Gasteiger partial charge in [0, 0.05) is 29.3 Å². The molecule has 0 aliphatic rings. The summed E-state index contributed by atoms with van der Waals surface area (Å²) in [7, 11) is 3.88. The van der Waals surface area contributed by atoms with Crippen molar-refractivity contribution < 1.29 is 0 Å². The molecule has 1 N–H and O–H groups in total. The zero-order valence-corrected chi connectivity index (χ0v) is 14.6. The van der Waals surface area contributed by atoms with Gasteiger partial charge in [0.2, 0.25) is 0 Å². The first-order valence-electron chi connectivity index (χ1n) is 7.06. The van der Waals surface area contributed by atoms with Gasteiger partial charge in [0.05, 0.1) is 5.69 Å². The molecule has 2 aromatic rings. The van der Waals surface area contributed by atoms with Crippen molar-refractivity contribution in [1.29, 1.82) is 0 Å². The lowest BCUT2D eigenvalue weighted by molar-refractivity contribution is 0.615. The van der Waals surface area contributed by atoms with Gasteiger partial charge >= 0.3 is 0 Å². The Morgan fingerprint density at radius 1 is 1.29 bits per heavy atom. The smallest absolute Gasteiger partial charge is 0.130 e. The van der Waals surface area contributed by atoms with E-state index in [4.69, 9.17) is 11.6 Å². The molecule has 1 aromatic carbocycles. The molecule has 0 radical (unpaired) electrons. The van der Waals surface area contributed by atoms with Gasteiger partial charge in [-0.1, -0.05) is 29.3 Å². The third-order valence-corrected chi connectivity index (χ3v) is 5.25. The molecule has 1 unspecified atom stereocenters. The maximum Gasteiger partial charge on any atom is 0.130 e. The Morgan fingerprint density at radius 2 is 1.95 bits per heavy atom. The van der Waals surface area contributed by atoms with Crippen LogP contribution in [0.3, 0.4) is 0 Å². The number of nitrogens with zero attached hydrogens (tertiary/aromatic N) is 2. The molecule has 0 fully saturated rings. The Bertz CT molecular complexity index is 592. The van der Waals surface area contributed by atoms with Gasteiger partial charge in [-0.3, -0.25) is 4.68 Å². The first kappa shape index (κ1) is 16.4. The Hall–Kier alpha value is -0.970. The summed E-state index contributed by atoms with van der Waals surface area (Å²) in [6.45, 7) is 4.12. The topological polar surface area (TPSA) is 29.9 Å². The highest BCUT2D eigenvalue weighted by Crippen LogP contribution is 2.24. The Labute approximate surface area is 136 Å². The number of thioether (sulfide) groups is 1. The van der Waals surface area contributed by atoms with Crippen LogP contribution in [0, 0.1) is 13.8 Å². The van der Waals surface area contributed by atoms with Crippen LogP contribution in [0.5, 0.6) is 0 Å². The van der Waals surface area contributed by atoms with E-state index in [0.29, 0.717) is 6.04 Å². The summed E-state index contributed by atoms with van der Waals surface area (Å²) >= 11 is 8.18. The molecule has 0 spiro atoms. The second kappa shape index (κ2) is 7.34. The fraction of sp³-hybridized carbons (Fsp3) is 0.438. The van der Waals surface area contributed by atoms with Crippen LogP contribution in [0.25, 0.3) is 0 Å². The fourth-order valence-electron chi connectivity index (χ4n) is 2.23. The first-order chi connectivity index (χ1) is 10.0. The van der Waals surface area contributed by atoms with Gasteiger partial charge in [0.1, 0.15) is 5.15 Å². The van der Waals surface area contributed by atoms with Crippen LogP contribution in [-0.4, -0.2) is 28.6 Å². The van der Waals surface area contributed by atoms with Gasteiger partial charge < -0.3 is 5.32 Å². The number of nitrogens with one attached hydrogen (secondary N) is 1. The van der Waals surface area contributed by atoms with E-state index in [-0.39, 0.29) is 0 Å². The summed E-state index contributed by atoms with van der Waals surface area (Å²) in [5.74, 6) is 1.00. The van der Waals surface area contributed by atoms with E-state index < -0.39 is 0 Å². The van der Waals surface area contributed by atoms with Gasteiger partial charge in [-0.25, -0.2) is 0 Å². The molecule has 5 heteroatoms. The van der Waals surface area contributed by atoms with E-state index in [2.05, 4.69) is 41.6 Å². The molecule has 0 aliphatic heterocycles. The number of rotatable bonds is 6. The van der Waals surface area contributed by atoms with Gasteiger partial charge in [0.15, 0.2) is 0 Å². The van der Waals surface area contributed by atoms with Crippen LogP contribution < -0.4 is 5.32 Å². The highest BCUT2D eigenvalue weighted by atomic mass is 35.5. The predicted molar refractivity (Wildman–Crippen MR) is 91.4 cm³/mol. The average molecular weight is 324 g/mol. The normalized spacial score (nSPS) is 12.6. The summed E-state index contributed by atoms with van der Waals surface area (Å²) < 4.78 is 1.74. The van der Waals surface area contributed by atoms with E-state index in [0.717, 1.165) is 28.6 Å². The summed E-state index contributed by atoms with van der Waals surface area (Å²) in [5, 5.41) is 8.50. The Morgan fingerprint density at radius 3 is 2.48 bits per heavy atom. The second-order valence-electron chi connectivity index (χ2n) is 5.29. The van der Waals surface area contributed by atoms with Crippen molar-refractivity contribution in [2.75, 3.05) is 12.8 Å². The molecular formula is C16H22ClN3S. The van der Waals surface area contributed by atoms with Crippen molar-refractivity contribution in [3.8, 4) is 0 Å². The zero-order valence-electron chi connectivity index (χ0n) is 13.0. The Balaban J connectivity index is 1.98. The third kappa shape index (κ3) is 4.25. The molecule has 0 saturated carbocycles. The molecule has 114 valence electrons. The van der Waals surface area contributed by atoms with Crippen molar-refractivity contribution in [1.82, 2.24) is 15.1 Å². The van der Waals surface area contributed by atoms with Crippen molar-refractivity contribution in [3.05, 3.63) is 46.2 Å². The lowest BCUT2D eigenvalue weighted by atomic mass is 10.1. The second-order valence-corrected chi connectivity index (χ2v) is 6.74. The number of aryl methyl sites for hydroxylation is 3. The molecule has 1 atom stereocenters. The van der Waals surface area contributed by atoms with E-state index in [1.807, 2.05) is 32.8 Å². The lowest BCUT2D eigenvalue weighted by Crippen LogP contribution is -2.30. The largest absolute Gasteiger partial charge is 0.316 e. The van der Waals surface area contributed by atoms with Gasteiger partial charge in [-0.15, -0.1) is 11.8 Å². The molecule has 0 amide bonds. The number of hydrogen-bond donors (Lipinski definition) is 1. The minimum absolute atomic E-state index is 0.372. The number of halogens is 1. The van der Waals surface area contributed by atoms with E-state index in [1.54, 1.807) is 4.68 Å². The van der Waals surface area contributed by atoms with Crippen LogP contribution >= 0.6 is 23.4 Å². The van der Waals surface area contributed by atoms with E-state index >= 15 is 0 Å². The van der Waals surface area contributed by atoms with Gasteiger partial charge in [0.25, 0.3) is 0 Å². The number of hydrogen-bond acceptors (Lipinski definition) is 3. The number of aromatic nitrogens is 2. The SMILES string of the molecule is CNC(CSc1ccc(C)cc1)Cc1c(C)nn(C)c1Cl. The van der Waals surface area contributed by atoms with Crippen LogP contribution in [0.15, 0.2) is 29.2 Å². The van der Waals surface area contributed by atoms with Crippen molar-refractivity contribution in [3.63, 3.8) is 0 Å². The number of likely N-dealkylation sites (N-methyl/N-ethyl adjacent to an activating group) is 1. The molecule has 0 saturated heterocycles. The average Bonchev–Trinajstić information content (AvgIpc) is 2.71. The van der Waals surface area contributed by atoms with Crippen molar-refractivity contribution in [2.24, 2.45) is 7.05 Å². The molecular weight excluding hydrogens is 302 g/mol. The van der Waals surface area contributed by atoms with E-state index in [9.17, 15) is 0 Å². The minimum atomic E-state index is 0.372. The van der Waals surface area contributed by atoms with Crippen LogP contribution in [0.1, 0.15) is 16.8 Å². The van der Waals surface area contributed by atoms with Crippen LogP contribution in [0.2, 0.25) is 5.15 Å². The molecule has 21 heavy (non-hydrogen) atoms. The minimum Gasteiger partial charge on any atom is -0.316 e. The summed E-state index contributed by atoms with van der Waals surface area (Å²) in [6, 6.07) is 9.03. The highest BCUT2D eigenvalue weighted by Gasteiger charge is 2.16. The predicted octanol–water partition coefficient (Wildman–Crippen LogP) is 3.61.